The smallest absolute Gasteiger partial charge is 0.323 e. The number of esters is 1. The first-order chi connectivity index (χ1) is 7.65. The van der Waals surface area contributed by atoms with E-state index in [0.717, 1.165) is 0 Å². The lowest BCUT2D eigenvalue weighted by molar-refractivity contribution is -0.147. The van der Waals surface area contributed by atoms with Crippen LogP contribution in [0.2, 0.25) is 0 Å². The summed E-state index contributed by atoms with van der Waals surface area (Å²) in [6.07, 6.45) is 6.30. The number of carbonyl (C=O) groups excluding carboxylic acids is 1. The van der Waals surface area contributed by atoms with Gasteiger partial charge in [0.25, 0.3) is 0 Å². The Balaban J connectivity index is 2.46. The first kappa shape index (κ1) is 13.5. The van der Waals surface area contributed by atoms with Crippen LogP contribution in [0.25, 0.3) is 0 Å². The van der Waals surface area contributed by atoms with Crippen LogP contribution in [0.3, 0.4) is 0 Å². The minimum atomic E-state index is -0.136. The van der Waals surface area contributed by atoms with Crippen LogP contribution in [0.1, 0.15) is 52.9 Å². The van der Waals surface area contributed by atoms with Crippen molar-refractivity contribution >= 4 is 5.97 Å². The van der Waals surface area contributed by atoms with Crippen LogP contribution < -0.4 is 5.32 Å². The molecule has 0 heterocycles. The number of nitrogens with one attached hydrogen (secondary N) is 1. The Morgan fingerprint density at radius 3 is 2.44 bits per heavy atom. The van der Waals surface area contributed by atoms with Crippen molar-refractivity contribution < 1.29 is 9.53 Å². The van der Waals surface area contributed by atoms with Gasteiger partial charge in [0.15, 0.2) is 0 Å². The minimum Gasteiger partial charge on any atom is -0.465 e. The van der Waals surface area contributed by atoms with Gasteiger partial charge < -0.3 is 10.1 Å². The predicted molar refractivity (Wildman–Crippen MR) is 65.3 cm³/mol. The fourth-order valence-corrected chi connectivity index (χ4v) is 2.29. The number of hydrogen-bond acceptors (Lipinski definition) is 3. The number of ether oxygens (including phenoxy) is 1. The van der Waals surface area contributed by atoms with E-state index in [2.05, 4.69) is 19.2 Å². The molecule has 1 aliphatic carbocycles. The van der Waals surface area contributed by atoms with E-state index in [1.54, 1.807) is 0 Å². The fourth-order valence-electron chi connectivity index (χ4n) is 2.29. The fraction of sp³-hybridized carbons (Fsp3) is 0.923. The van der Waals surface area contributed by atoms with E-state index < -0.39 is 0 Å². The number of carbonyl (C=O) groups is 1. The molecular weight excluding hydrogens is 202 g/mol. The highest BCUT2D eigenvalue weighted by Crippen LogP contribution is 2.19. The molecule has 1 unspecified atom stereocenters. The summed E-state index contributed by atoms with van der Waals surface area (Å²) in [5.41, 5.74) is 0. The molecule has 1 aliphatic rings. The van der Waals surface area contributed by atoms with Crippen LogP contribution in [0.4, 0.5) is 0 Å². The summed E-state index contributed by atoms with van der Waals surface area (Å²) in [5, 5.41) is 3.47. The molecule has 0 radical (unpaired) electrons. The Bertz CT molecular complexity index is 210. The minimum absolute atomic E-state index is 0.0944. The van der Waals surface area contributed by atoms with Gasteiger partial charge in [-0.1, -0.05) is 33.1 Å². The van der Waals surface area contributed by atoms with Gasteiger partial charge in [0.1, 0.15) is 6.04 Å². The lowest BCUT2D eigenvalue weighted by Crippen LogP contribution is -2.47. The van der Waals surface area contributed by atoms with Crippen molar-refractivity contribution in [2.45, 2.75) is 65.0 Å². The molecular formula is C13H25NO2. The Morgan fingerprint density at radius 1 is 1.31 bits per heavy atom. The largest absolute Gasteiger partial charge is 0.465 e. The molecule has 1 rings (SSSR count). The summed E-state index contributed by atoms with van der Waals surface area (Å²) < 4.78 is 5.11. The van der Waals surface area contributed by atoms with E-state index in [1.807, 2.05) is 6.92 Å². The van der Waals surface area contributed by atoms with Crippen molar-refractivity contribution in [1.82, 2.24) is 5.32 Å². The van der Waals surface area contributed by atoms with Gasteiger partial charge in [-0.3, -0.25) is 4.79 Å². The summed E-state index contributed by atoms with van der Waals surface area (Å²) in [6.45, 7) is 6.46. The van der Waals surface area contributed by atoms with E-state index in [1.165, 1.54) is 32.1 Å². The average molecular weight is 227 g/mol. The molecule has 0 amide bonds. The summed E-state index contributed by atoms with van der Waals surface area (Å²) >= 11 is 0. The molecule has 0 aromatic heterocycles. The Labute approximate surface area is 98.9 Å². The second-order valence-corrected chi connectivity index (χ2v) is 4.98. The average Bonchev–Trinajstić information content (AvgIpc) is 2.27. The standard InChI is InChI=1S/C13H25NO2/c1-4-16-13(15)12(10(2)3)14-11-8-6-5-7-9-11/h10-12,14H,4-9H2,1-3H3. The monoisotopic (exact) mass is 227 g/mol. The van der Waals surface area contributed by atoms with Crippen molar-refractivity contribution in [3.8, 4) is 0 Å². The number of rotatable bonds is 5. The highest BCUT2D eigenvalue weighted by molar-refractivity contribution is 5.76. The first-order valence-electron chi connectivity index (χ1n) is 6.57. The number of hydrogen-bond donors (Lipinski definition) is 1. The maximum Gasteiger partial charge on any atom is 0.323 e. The van der Waals surface area contributed by atoms with E-state index in [4.69, 9.17) is 4.74 Å². The third kappa shape index (κ3) is 4.12. The summed E-state index contributed by atoms with van der Waals surface area (Å²) in [5.74, 6) is 0.198. The molecule has 1 atom stereocenters. The van der Waals surface area contributed by atoms with Crippen LogP contribution in [-0.2, 0) is 9.53 Å². The lowest BCUT2D eigenvalue weighted by atomic mass is 9.93. The molecule has 3 heteroatoms. The Kier molecular flexibility index (Phi) is 5.81. The maximum absolute atomic E-state index is 11.8. The van der Waals surface area contributed by atoms with Gasteiger partial charge in [-0.05, 0) is 25.7 Å². The van der Waals surface area contributed by atoms with E-state index in [9.17, 15) is 4.79 Å². The van der Waals surface area contributed by atoms with E-state index >= 15 is 0 Å². The second-order valence-electron chi connectivity index (χ2n) is 4.98. The quantitative estimate of drug-likeness (QED) is 0.733. The van der Waals surface area contributed by atoms with Gasteiger partial charge >= 0.3 is 5.97 Å². The SMILES string of the molecule is CCOC(=O)C(NC1CCCCC1)C(C)C. The van der Waals surface area contributed by atoms with Gasteiger partial charge in [-0.25, -0.2) is 0 Å². The second kappa shape index (κ2) is 6.89. The Morgan fingerprint density at radius 2 is 1.94 bits per heavy atom. The van der Waals surface area contributed by atoms with Gasteiger partial charge in [-0.15, -0.1) is 0 Å². The van der Waals surface area contributed by atoms with Crippen molar-refractivity contribution in [2.75, 3.05) is 6.61 Å². The van der Waals surface area contributed by atoms with Crippen LogP contribution in [-0.4, -0.2) is 24.7 Å². The molecule has 1 fully saturated rings. The van der Waals surface area contributed by atoms with E-state index in [0.29, 0.717) is 18.6 Å². The van der Waals surface area contributed by atoms with Crippen molar-refractivity contribution in [3.63, 3.8) is 0 Å². The molecule has 0 aliphatic heterocycles. The molecule has 1 N–H and O–H groups in total. The van der Waals surface area contributed by atoms with Gasteiger partial charge in [0.2, 0.25) is 0 Å². The van der Waals surface area contributed by atoms with Crippen LogP contribution in [0.5, 0.6) is 0 Å². The summed E-state index contributed by atoms with van der Waals surface area (Å²) in [4.78, 5) is 11.8. The van der Waals surface area contributed by atoms with Gasteiger partial charge in [-0.2, -0.15) is 0 Å². The van der Waals surface area contributed by atoms with Crippen LogP contribution in [0, 0.1) is 5.92 Å². The van der Waals surface area contributed by atoms with Gasteiger partial charge in [0, 0.05) is 6.04 Å². The topological polar surface area (TPSA) is 38.3 Å². The molecule has 16 heavy (non-hydrogen) atoms. The summed E-state index contributed by atoms with van der Waals surface area (Å²) in [7, 11) is 0. The zero-order valence-electron chi connectivity index (χ0n) is 10.8. The molecule has 1 saturated carbocycles. The van der Waals surface area contributed by atoms with Crippen molar-refractivity contribution in [3.05, 3.63) is 0 Å². The molecule has 0 saturated heterocycles. The normalized spacial score (nSPS) is 19.8. The molecule has 0 aromatic carbocycles. The molecule has 0 aromatic rings. The van der Waals surface area contributed by atoms with Crippen LogP contribution in [0.15, 0.2) is 0 Å². The van der Waals surface area contributed by atoms with Gasteiger partial charge in [0.05, 0.1) is 6.61 Å². The third-order valence-electron chi connectivity index (χ3n) is 3.23. The highest BCUT2D eigenvalue weighted by Gasteiger charge is 2.26. The highest BCUT2D eigenvalue weighted by atomic mass is 16.5. The lowest BCUT2D eigenvalue weighted by Gasteiger charge is -2.29. The predicted octanol–water partition coefficient (Wildman–Crippen LogP) is 2.50. The zero-order chi connectivity index (χ0) is 12.0. The van der Waals surface area contributed by atoms with E-state index in [-0.39, 0.29) is 12.0 Å². The molecule has 0 bridgehead atoms. The third-order valence-corrected chi connectivity index (χ3v) is 3.23. The van der Waals surface area contributed by atoms with Crippen molar-refractivity contribution in [2.24, 2.45) is 5.92 Å². The summed E-state index contributed by atoms with van der Waals surface area (Å²) in [6, 6.07) is 0.369. The molecule has 94 valence electrons. The van der Waals surface area contributed by atoms with Crippen molar-refractivity contribution in [1.29, 1.82) is 0 Å². The maximum atomic E-state index is 11.8. The molecule has 3 nitrogen and oxygen atoms in total. The van der Waals surface area contributed by atoms with Crippen LogP contribution >= 0.6 is 0 Å². The molecule has 0 spiro atoms. The first-order valence-corrected chi connectivity index (χ1v) is 6.57. The zero-order valence-corrected chi connectivity index (χ0v) is 10.8. The Hall–Kier alpha value is -0.570.